The molecule has 6 heteroatoms. The molecule has 1 aromatic carbocycles. The minimum Gasteiger partial charge on any atom is -0.366 e. The number of benzene rings is 1. The van der Waals surface area contributed by atoms with Crippen molar-refractivity contribution in [3.8, 4) is 17.2 Å². The first-order valence-electron chi connectivity index (χ1n) is 5.68. The molecule has 1 amide bonds. The Balaban J connectivity index is 2.03. The van der Waals surface area contributed by atoms with Gasteiger partial charge in [-0.3, -0.25) is 9.36 Å². The highest BCUT2D eigenvalue weighted by molar-refractivity contribution is 5.92. The highest BCUT2D eigenvalue weighted by Crippen LogP contribution is 2.19. The number of amides is 1. The van der Waals surface area contributed by atoms with Gasteiger partial charge < -0.3 is 10.7 Å². The van der Waals surface area contributed by atoms with Crippen molar-refractivity contribution in [2.45, 2.75) is 0 Å². The molecule has 3 rings (SSSR count). The fraction of sp³-hybridized carbons (Fsp3) is 0. The van der Waals surface area contributed by atoms with Crippen LogP contribution in [0.1, 0.15) is 10.4 Å². The van der Waals surface area contributed by atoms with Crippen molar-refractivity contribution >= 4 is 5.91 Å². The van der Waals surface area contributed by atoms with Crippen LogP contribution in [0.3, 0.4) is 0 Å². The molecule has 0 radical (unpaired) electrons. The molecule has 2 heterocycles. The number of nitrogens with two attached hydrogens (primary N) is 1. The van der Waals surface area contributed by atoms with E-state index >= 15 is 0 Å². The summed E-state index contributed by atoms with van der Waals surface area (Å²) in [5, 5.41) is 0. The molecule has 6 nitrogen and oxygen atoms in total. The van der Waals surface area contributed by atoms with Crippen molar-refractivity contribution in [2.24, 2.45) is 5.73 Å². The molecule has 0 aliphatic rings. The summed E-state index contributed by atoms with van der Waals surface area (Å²) in [5.74, 6) is 0.315. The quantitative estimate of drug-likeness (QED) is 0.738. The number of aromatic amines is 1. The summed E-state index contributed by atoms with van der Waals surface area (Å²) in [6.45, 7) is 0. The summed E-state index contributed by atoms with van der Waals surface area (Å²) in [6.07, 6.45) is 6.86. The zero-order chi connectivity index (χ0) is 13.2. The number of nitrogens with one attached hydrogen (secondary N) is 1. The second-order valence-electron chi connectivity index (χ2n) is 4.00. The van der Waals surface area contributed by atoms with E-state index in [2.05, 4.69) is 15.0 Å². The maximum absolute atomic E-state index is 11.0. The lowest BCUT2D eigenvalue weighted by Crippen LogP contribution is -2.10. The molecule has 0 fully saturated rings. The molecule has 0 saturated carbocycles. The maximum atomic E-state index is 11.0. The first-order valence-corrected chi connectivity index (χ1v) is 5.68. The Kier molecular flexibility index (Phi) is 2.60. The van der Waals surface area contributed by atoms with Gasteiger partial charge >= 0.3 is 0 Å². The standard InChI is InChI=1S/C13H11N5O/c14-12(19)9-1-3-10(4-2-9)18-6-5-16-13(18)11-7-15-8-17-11/h1-8H,(H2,14,19)(H,15,17). The van der Waals surface area contributed by atoms with Crippen molar-refractivity contribution < 1.29 is 4.79 Å². The van der Waals surface area contributed by atoms with Gasteiger partial charge in [-0.25, -0.2) is 9.97 Å². The van der Waals surface area contributed by atoms with Crippen LogP contribution < -0.4 is 5.73 Å². The van der Waals surface area contributed by atoms with Crippen molar-refractivity contribution in [2.75, 3.05) is 0 Å². The number of hydrogen-bond acceptors (Lipinski definition) is 3. The SMILES string of the molecule is NC(=O)c1ccc(-n2ccnc2-c2cnc[nH]2)cc1. The number of rotatable bonds is 3. The van der Waals surface area contributed by atoms with Crippen LogP contribution in [0.5, 0.6) is 0 Å². The average molecular weight is 253 g/mol. The predicted molar refractivity (Wildman–Crippen MR) is 69.7 cm³/mol. The van der Waals surface area contributed by atoms with Crippen molar-refractivity contribution in [1.82, 2.24) is 19.5 Å². The van der Waals surface area contributed by atoms with E-state index in [9.17, 15) is 4.79 Å². The summed E-state index contributed by atoms with van der Waals surface area (Å²) in [4.78, 5) is 22.3. The van der Waals surface area contributed by atoms with Crippen LogP contribution in [0.25, 0.3) is 17.2 Å². The number of H-pyrrole nitrogens is 1. The van der Waals surface area contributed by atoms with E-state index < -0.39 is 5.91 Å². The van der Waals surface area contributed by atoms with E-state index in [1.807, 2.05) is 22.9 Å². The van der Waals surface area contributed by atoms with Crippen LogP contribution in [-0.2, 0) is 0 Å². The lowest BCUT2D eigenvalue weighted by atomic mass is 10.2. The molecule has 0 saturated heterocycles. The summed E-state index contributed by atoms with van der Waals surface area (Å²) in [6, 6.07) is 7.02. The fourth-order valence-electron chi connectivity index (χ4n) is 1.88. The molecule has 0 bridgehead atoms. The fourth-order valence-corrected chi connectivity index (χ4v) is 1.88. The van der Waals surface area contributed by atoms with Gasteiger partial charge in [0.1, 0.15) is 5.69 Å². The second-order valence-corrected chi connectivity index (χ2v) is 4.00. The lowest BCUT2D eigenvalue weighted by Gasteiger charge is -2.06. The van der Waals surface area contributed by atoms with Gasteiger partial charge in [0.15, 0.2) is 5.82 Å². The Labute approximate surface area is 108 Å². The summed E-state index contributed by atoms with van der Waals surface area (Å²) >= 11 is 0. The van der Waals surface area contributed by atoms with Crippen LogP contribution in [0.2, 0.25) is 0 Å². The van der Waals surface area contributed by atoms with Crippen LogP contribution in [0.15, 0.2) is 49.2 Å². The molecule has 0 spiro atoms. The number of imidazole rings is 2. The Morgan fingerprint density at radius 2 is 2.05 bits per heavy atom. The number of primary amides is 1. The molecule has 0 atom stereocenters. The van der Waals surface area contributed by atoms with E-state index in [1.54, 1.807) is 30.9 Å². The van der Waals surface area contributed by atoms with E-state index in [4.69, 9.17) is 5.73 Å². The Hall–Kier alpha value is -2.89. The smallest absolute Gasteiger partial charge is 0.248 e. The third-order valence-electron chi connectivity index (χ3n) is 2.81. The molecule has 2 aromatic heterocycles. The minimum atomic E-state index is -0.439. The van der Waals surface area contributed by atoms with Crippen molar-refractivity contribution in [1.29, 1.82) is 0 Å². The highest BCUT2D eigenvalue weighted by Gasteiger charge is 2.09. The average Bonchev–Trinajstić information content (AvgIpc) is 3.09. The predicted octanol–water partition coefficient (Wildman–Crippen LogP) is 1.36. The van der Waals surface area contributed by atoms with E-state index in [0.717, 1.165) is 17.2 Å². The van der Waals surface area contributed by atoms with Crippen LogP contribution in [-0.4, -0.2) is 25.4 Å². The number of carbonyl (C=O) groups is 1. The topological polar surface area (TPSA) is 89.6 Å². The van der Waals surface area contributed by atoms with Crippen molar-refractivity contribution in [3.05, 3.63) is 54.7 Å². The van der Waals surface area contributed by atoms with Crippen LogP contribution in [0, 0.1) is 0 Å². The zero-order valence-electron chi connectivity index (χ0n) is 9.95. The van der Waals surface area contributed by atoms with Gasteiger partial charge in [-0.05, 0) is 24.3 Å². The number of nitrogens with zero attached hydrogens (tertiary/aromatic N) is 3. The van der Waals surface area contributed by atoms with Gasteiger partial charge in [0.05, 0.1) is 12.5 Å². The molecule has 0 aliphatic carbocycles. The normalized spacial score (nSPS) is 10.5. The van der Waals surface area contributed by atoms with Gasteiger partial charge in [0.2, 0.25) is 5.91 Å². The number of carbonyl (C=O) groups excluding carboxylic acids is 1. The van der Waals surface area contributed by atoms with Crippen LogP contribution in [0.4, 0.5) is 0 Å². The van der Waals surface area contributed by atoms with Gasteiger partial charge in [-0.2, -0.15) is 0 Å². The molecular formula is C13H11N5O. The van der Waals surface area contributed by atoms with Crippen molar-refractivity contribution in [3.63, 3.8) is 0 Å². The molecule has 94 valence electrons. The number of aromatic nitrogens is 4. The largest absolute Gasteiger partial charge is 0.366 e. The van der Waals surface area contributed by atoms with E-state index in [0.29, 0.717) is 5.56 Å². The number of hydrogen-bond donors (Lipinski definition) is 2. The Bertz CT molecular complexity index is 697. The zero-order valence-corrected chi connectivity index (χ0v) is 9.95. The Morgan fingerprint density at radius 3 is 2.68 bits per heavy atom. The molecule has 0 aliphatic heterocycles. The summed E-state index contributed by atoms with van der Waals surface area (Å²) in [5.41, 5.74) is 7.42. The highest BCUT2D eigenvalue weighted by atomic mass is 16.1. The monoisotopic (exact) mass is 253 g/mol. The van der Waals surface area contributed by atoms with E-state index in [1.165, 1.54) is 0 Å². The van der Waals surface area contributed by atoms with Gasteiger partial charge in [-0.15, -0.1) is 0 Å². The second kappa shape index (κ2) is 4.41. The summed E-state index contributed by atoms with van der Waals surface area (Å²) < 4.78 is 1.90. The molecule has 19 heavy (non-hydrogen) atoms. The first-order chi connectivity index (χ1) is 9.25. The molecule has 0 unspecified atom stereocenters. The molecular weight excluding hydrogens is 242 g/mol. The van der Waals surface area contributed by atoms with E-state index in [-0.39, 0.29) is 0 Å². The molecule has 3 aromatic rings. The first kappa shape index (κ1) is 11.2. The van der Waals surface area contributed by atoms with Crippen LogP contribution >= 0.6 is 0 Å². The third kappa shape index (κ3) is 1.99. The minimum absolute atomic E-state index is 0.439. The molecule has 3 N–H and O–H groups in total. The Morgan fingerprint density at radius 1 is 1.26 bits per heavy atom. The van der Waals surface area contributed by atoms with Gasteiger partial charge in [0.25, 0.3) is 0 Å². The van der Waals surface area contributed by atoms with Gasteiger partial charge in [-0.1, -0.05) is 0 Å². The lowest BCUT2D eigenvalue weighted by molar-refractivity contribution is 0.100. The van der Waals surface area contributed by atoms with Gasteiger partial charge in [0, 0.05) is 23.6 Å². The maximum Gasteiger partial charge on any atom is 0.248 e. The summed E-state index contributed by atoms with van der Waals surface area (Å²) in [7, 11) is 0. The third-order valence-corrected chi connectivity index (χ3v) is 2.81.